The quantitative estimate of drug-likeness (QED) is 0.811. The maximum absolute atomic E-state index is 11.7. The van der Waals surface area contributed by atoms with Crippen LogP contribution in [0.1, 0.15) is 30.4 Å². The second-order valence-electron chi connectivity index (χ2n) is 6.87. The second kappa shape index (κ2) is 5.45. The van der Waals surface area contributed by atoms with Gasteiger partial charge in [0.05, 0.1) is 4.90 Å². The van der Waals surface area contributed by atoms with Crippen molar-refractivity contribution in [2.45, 2.75) is 24.2 Å². The van der Waals surface area contributed by atoms with Gasteiger partial charge in [0.15, 0.2) is 9.84 Å². The van der Waals surface area contributed by atoms with E-state index in [1.54, 1.807) is 12.1 Å². The third kappa shape index (κ3) is 2.63. The van der Waals surface area contributed by atoms with Gasteiger partial charge in [-0.3, -0.25) is 0 Å². The van der Waals surface area contributed by atoms with Gasteiger partial charge < -0.3 is 0 Å². The van der Waals surface area contributed by atoms with Crippen LogP contribution in [-0.4, -0.2) is 14.7 Å². The maximum Gasteiger partial charge on any atom is 0.175 e. The summed E-state index contributed by atoms with van der Waals surface area (Å²) in [7, 11) is -3.16. The molecule has 2 nitrogen and oxygen atoms in total. The van der Waals surface area contributed by atoms with Gasteiger partial charge in [-0.15, -0.1) is 0 Å². The smallest absolute Gasteiger partial charge is 0.175 e. The zero-order chi connectivity index (χ0) is 16.8. The number of rotatable bonds is 3. The highest BCUT2D eigenvalue weighted by Gasteiger charge is 2.38. The summed E-state index contributed by atoms with van der Waals surface area (Å²) in [6.45, 7) is 0. The maximum atomic E-state index is 11.7. The molecule has 0 bridgehead atoms. The second-order valence-corrected chi connectivity index (χ2v) is 8.88. The van der Waals surface area contributed by atoms with Crippen LogP contribution in [0, 0.1) is 5.41 Å². The molecule has 2 aromatic rings. The standard InChI is InChI=1S/C21H20O2S/c1-24(22,23)18-10-8-17(9-11-18)20-15-21(12-5-13-21)14-19(20)16-6-3-2-4-7-16/h2-4,6-11,14-15H,5,12-13H2,1H3. The first-order chi connectivity index (χ1) is 11.5. The van der Waals surface area contributed by atoms with E-state index >= 15 is 0 Å². The molecular formula is C21H20O2S. The van der Waals surface area contributed by atoms with E-state index in [2.05, 4.69) is 36.4 Å². The van der Waals surface area contributed by atoms with Gasteiger partial charge in [0.25, 0.3) is 0 Å². The summed E-state index contributed by atoms with van der Waals surface area (Å²) in [6, 6.07) is 17.7. The predicted octanol–water partition coefficient (Wildman–Crippen LogP) is 4.74. The lowest BCUT2D eigenvalue weighted by atomic mass is 9.70. The number of hydrogen-bond acceptors (Lipinski definition) is 2. The van der Waals surface area contributed by atoms with E-state index in [9.17, 15) is 8.42 Å². The van der Waals surface area contributed by atoms with Crippen LogP contribution in [0.5, 0.6) is 0 Å². The Kier molecular flexibility index (Phi) is 3.50. The lowest BCUT2D eigenvalue weighted by molar-refractivity contribution is 0.282. The van der Waals surface area contributed by atoms with E-state index in [1.165, 1.54) is 42.2 Å². The van der Waals surface area contributed by atoms with Gasteiger partial charge in [0.2, 0.25) is 0 Å². The summed E-state index contributed by atoms with van der Waals surface area (Å²) in [4.78, 5) is 0.369. The minimum atomic E-state index is -3.16. The van der Waals surface area contributed by atoms with E-state index in [-0.39, 0.29) is 5.41 Å². The van der Waals surface area contributed by atoms with Crippen molar-refractivity contribution in [2.24, 2.45) is 5.41 Å². The van der Waals surface area contributed by atoms with Gasteiger partial charge in [0.1, 0.15) is 0 Å². The molecular weight excluding hydrogens is 316 g/mol. The average Bonchev–Trinajstić information content (AvgIpc) is 2.96. The van der Waals surface area contributed by atoms with Crippen LogP contribution in [0.2, 0.25) is 0 Å². The zero-order valence-corrected chi connectivity index (χ0v) is 14.5. The number of sulfone groups is 1. The molecule has 0 N–H and O–H groups in total. The summed E-state index contributed by atoms with van der Waals surface area (Å²) in [6.07, 6.45) is 9.72. The van der Waals surface area contributed by atoms with Crippen molar-refractivity contribution in [2.75, 3.05) is 6.26 Å². The van der Waals surface area contributed by atoms with Crippen LogP contribution < -0.4 is 0 Å². The third-order valence-electron chi connectivity index (χ3n) is 5.12. The highest BCUT2D eigenvalue weighted by molar-refractivity contribution is 7.90. The molecule has 1 spiro atoms. The van der Waals surface area contributed by atoms with Crippen LogP contribution >= 0.6 is 0 Å². The molecule has 24 heavy (non-hydrogen) atoms. The lowest BCUT2D eigenvalue weighted by Crippen LogP contribution is -2.22. The Balaban J connectivity index is 1.78. The van der Waals surface area contributed by atoms with Crippen molar-refractivity contribution in [3.63, 3.8) is 0 Å². The van der Waals surface area contributed by atoms with Crippen LogP contribution in [0.4, 0.5) is 0 Å². The van der Waals surface area contributed by atoms with Crippen molar-refractivity contribution in [1.82, 2.24) is 0 Å². The van der Waals surface area contributed by atoms with Crippen molar-refractivity contribution in [1.29, 1.82) is 0 Å². The minimum absolute atomic E-state index is 0.204. The average molecular weight is 336 g/mol. The highest BCUT2D eigenvalue weighted by atomic mass is 32.2. The summed E-state index contributed by atoms with van der Waals surface area (Å²) in [5, 5.41) is 0. The molecule has 2 aromatic carbocycles. The van der Waals surface area contributed by atoms with Gasteiger partial charge in [-0.2, -0.15) is 0 Å². The molecule has 2 aliphatic rings. The Bertz CT molecular complexity index is 929. The molecule has 0 unspecified atom stereocenters. The largest absolute Gasteiger partial charge is 0.224 e. The van der Waals surface area contributed by atoms with E-state index in [0.717, 1.165) is 5.56 Å². The first-order valence-corrected chi connectivity index (χ1v) is 10.2. The molecule has 4 rings (SSSR count). The molecule has 122 valence electrons. The first-order valence-electron chi connectivity index (χ1n) is 8.29. The number of allylic oxidation sites excluding steroid dienone is 4. The Hall–Kier alpha value is -2.13. The molecule has 3 heteroatoms. The van der Waals surface area contributed by atoms with Gasteiger partial charge in [-0.1, -0.05) is 61.0 Å². The Morgan fingerprint density at radius 2 is 1.33 bits per heavy atom. The van der Waals surface area contributed by atoms with Crippen molar-refractivity contribution < 1.29 is 8.42 Å². The van der Waals surface area contributed by atoms with Crippen LogP contribution in [0.15, 0.2) is 71.6 Å². The lowest BCUT2D eigenvalue weighted by Gasteiger charge is -2.34. The molecule has 0 amide bonds. The monoisotopic (exact) mass is 336 g/mol. The molecule has 0 saturated heterocycles. The highest BCUT2D eigenvalue weighted by Crippen LogP contribution is 2.53. The number of hydrogen-bond donors (Lipinski definition) is 0. The fraction of sp³-hybridized carbons (Fsp3) is 0.238. The Labute approximate surface area is 143 Å². The normalized spacial score (nSPS) is 18.9. The van der Waals surface area contributed by atoms with Gasteiger partial charge in [-0.05, 0) is 47.2 Å². The summed E-state index contributed by atoms with van der Waals surface area (Å²) >= 11 is 0. The molecule has 0 radical (unpaired) electrons. The van der Waals surface area contributed by atoms with E-state index in [1.807, 2.05) is 18.2 Å². The van der Waals surface area contributed by atoms with Gasteiger partial charge in [-0.25, -0.2) is 8.42 Å². The van der Waals surface area contributed by atoms with Crippen molar-refractivity contribution in [3.8, 4) is 0 Å². The molecule has 2 aliphatic carbocycles. The van der Waals surface area contributed by atoms with Gasteiger partial charge in [0, 0.05) is 11.7 Å². The summed E-state index contributed by atoms with van der Waals surface area (Å²) < 4.78 is 23.4. The van der Waals surface area contributed by atoms with E-state index in [4.69, 9.17) is 0 Å². The van der Waals surface area contributed by atoms with Crippen molar-refractivity contribution in [3.05, 3.63) is 77.9 Å². The van der Waals surface area contributed by atoms with Crippen LogP contribution in [0.3, 0.4) is 0 Å². The molecule has 0 aromatic heterocycles. The number of benzene rings is 2. The molecule has 0 heterocycles. The third-order valence-corrected chi connectivity index (χ3v) is 6.24. The fourth-order valence-electron chi connectivity index (χ4n) is 3.62. The van der Waals surface area contributed by atoms with E-state index in [0.29, 0.717) is 4.90 Å². The Morgan fingerprint density at radius 3 is 1.79 bits per heavy atom. The Morgan fingerprint density at radius 1 is 0.792 bits per heavy atom. The molecule has 1 fully saturated rings. The van der Waals surface area contributed by atoms with Crippen LogP contribution in [-0.2, 0) is 9.84 Å². The van der Waals surface area contributed by atoms with Crippen molar-refractivity contribution >= 4 is 21.0 Å². The molecule has 0 aliphatic heterocycles. The van der Waals surface area contributed by atoms with E-state index < -0.39 is 9.84 Å². The van der Waals surface area contributed by atoms with Gasteiger partial charge >= 0.3 is 0 Å². The zero-order valence-electron chi connectivity index (χ0n) is 13.7. The topological polar surface area (TPSA) is 34.1 Å². The van der Waals surface area contributed by atoms with Crippen LogP contribution in [0.25, 0.3) is 11.1 Å². The minimum Gasteiger partial charge on any atom is -0.224 e. The molecule has 0 atom stereocenters. The SMILES string of the molecule is CS(=O)(=O)c1ccc(C2=CC3(C=C2c2ccccc2)CCC3)cc1. The molecule has 1 saturated carbocycles. The summed E-state index contributed by atoms with van der Waals surface area (Å²) in [5.74, 6) is 0. The fourth-order valence-corrected chi connectivity index (χ4v) is 4.25. The predicted molar refractivity (Wildman–Crippen MR) is 98.2 cm³/mol. The first kappa shape index (κ1) is 15.4. The summed E-state index contributed by atoms with van der Waals surface area (Å²) in [5.41, 5.74) is 5.00.